The Morgan fingerprint density at radius 1 is 1.42 bits per heavy atom. The lowest BCUT2D eigenvalue weighted by Gasteiger charge is -2.21. The second-order valence-electron chi connectivity index (χ2n) is 6.46. The van der Waals surface area contributed by atoms with Crippen molar-refractivity contribution in [1.82, 2.24) is 10.6 Å². The van der Waals surface area contributed by atoms with Gasteiger partial charge in [0.2, 0.25) is 0 Å². The third-order valence-corrected chi connectivity index (χ3v) is 3.99. The molecule has 1 aromatic carbocycles. The lowest BCUT2D eigenvalue weighted by Crippen LogP contribution is -2.45. The Morgan fingerprint density at radius 2 is 2.19 bits per heavy atom. The summed E-state index contributed by atoms with van der Waals surface area (Å²) in [6, 6.07) is 3.69. The van der Waals surface area contributed by atoms with E-state index in [1.807, 2.05) is 18.7 Å². The molecule has 6 nitrogen and oxygen atoms in total. The lowest BCUT2D eigenvalue weighted by molar-refractivity contribution is -0.147. The zero-order chi connectivity index (χ0) is 19.1. The molecule has 0 spiro atoms. The maximum atomic E-state index is 13.9. The highest BCUT2D eigenvalue weighted by atomic mass is 19.1. The van der Waals surface area contributed by atoms with E-state index in [4.69, 9.17) is 4.74 Å². The van der Waals surface area contributed by atoms with Crippen molar-refractivity contribution in [1.29, 1.82) is 0 Å². The van der Waals surface area contributed by atoms with Gasteiger partial charge in [-0.25, -0.2) is 8.78 Å². The normalized spacial score (nSPS) is 17.5. The average Bonchev–Trinajstić information content (AvgIpc) is 3.01. The first-order chi connectivity index (χ1) is 12.4. The molecular formula is C18H26F2N4O2. The second-order valence-corrected chi connectivity index (χ2v) is 6.46. The third kappa shape index (κ3) is 5.86. The molecule has 1 heterocycles. The molecule has 0 aromatic heterocycles. The zero-order valence-electron chi connectivity index (χ0n) is 15.4. The molecule has 1 aliphatic rings. The highest BCUT2D eigenvalue weighted by Gasteiger charge is 2.25. The number of carbonyl (C=O) groups excluding carboxylic acids is 1. The molecule has 26 heavy (non-hydrogen) atoms. The summed E-state index contributed by atoms with van der Waals surface area (Å²) in [5.74, 6) is -0.826. The van der Waals surface area contributed by atoms with Crippen LogP contribution in [0.2, 0.25) is 0 Å². The molecule has 0 saturated carbocycles. The number of guanidine groups is 1. The summed E-state index contributed by atoms with van der Waals surface area (Å²) in [5, 5.41) is 6.33. The van der Waals surface area contributed by atoms with Crippen molar-refractivity contribution in [2.75, 3.05) is 31.6 Å². The van der Waals surface area contributed by atoms with Crippen LogP contribution in [0.5, 0.6) is 0 Å². The topological polar surface area (TPSA) is 66.0 Å². The van der Waals surface area contributed by atoms with Crippen molar-refractivity contribution < 1.29 is 18.3 Å². The molecule has 1 atom stereocenters. The fraction of sp³-hybridized carbons (Fsp3) is 0.556. The van der Waals surface area contributed by atoms with Crippen LogP contribution in [-0.4, -0.2) is 50.8 Å². The number of aliphatic imine (C=N–C) groups is 1. The van der Waals surface area contributed by atoms with Crippen LogP contribution in [0.1, 0.15) is 26.7 Å². The van der Waals surface area contributed by atoms with E-state index >= 15 is 0 Å². The van der Waals surface area contributed by atoms with Crippen LogP contribution in [-0.2, 0) is 9.53 Å². The smallest absolute Gasteiger partial charge is 0.307 e. The van der Waals surface area contributed by atoms with Crippen molar-refractivity contribution in [3.05, 3.63) is 29.8 Å². The molecule has 2 rings (SSSR count). The van der Waals surface area contributed by atoms with Crippen molar-refractivity contribution in [2.24, 2.45) is 4.99 Å². The Morgan fingerprint density at radius 3 is 2.85 bits per heavy atom. The number of halogens is 2. The molecule has 1 aromatic rings. The molecule has 0 radical (unpaired) electrons. The molecule has 8 heteroatoms. The van der Waals surface area contributed by atoms with Crippen molar-refractivity contribution in [3.63, 3.8) is 0 Å². The highest BCUT2D eigenvalue weighted by Crippen LogP contribution is 2.24. The first-order valence-electron chi connectivity index (χ1n) is 8.75. The van der Waals surface area contributed by atoms with Gasteiger partial charge in [0.05, 0.1) is 18.2 Å². The summed E-state index contributed by atoms with van der Waals surface area (Å²) in [6.07, 6.45) is 0.917. The fourth-order valence-electron chi connectivity index (χ4n) is 2.83. The van der Waals surface area contributed by atoms with Crippen LogP contribution < -0.4 is 15.5 Å². The number of anilines is 1. The average molecular weight is 368 g/mol. The van der Waals surface area contributed by atoms with E-state index in [-0.39, 0.29) is 24.5 Å². The van der Waals surface area contributed by atoms with Gasteiger partial charge in [0.15, 0.2) is 5.96 Å². The Labute approximate surface area is 152 Å². The Bertz CT molecular complexity index is 652. The monoisotopic (exact) mass is 368 g/mol. The summed E-state index contributed by atoms with van der Waals surface area (Å²) in [7, 11) is 1.65. The Balaban J connectivity index is 1.80. The zero-order valence-corrected chi connectivity index (χ0v) is 15.4. The van der Waals surface area contributed by atoms with Gasteiger partial charge in [0.1, 0.15) is 11.6 Å². The number of carbonyl (C=O) groups is 1. The molecule has 144 valence electrons. The van der Waals surface area contributed by atoms with E-state index in [0.29, 0.717) is 31.3 Å². The molecule has 1 unspecified atom stereocenters. The maximum Gasteiger partial charge on any atom is 0.307 e. The summed E-state index contributed by atoms with van der Waals surface area (Å²) >= 11 is 0. The van der Waals surface area contributed by atoms with Gasteiger partial charge >= 0.3 is 5.97 Å². The van der Waals surface area contributed by atoms with Gasteiger partial charge in [0, 0.05) is 38.8 Å². The van der Waals surface area contributed by atoms with E-state index in [1.54, 1.807) is 7.05 Å². The quantitative estimate of drug-likeness (QED) is 0.457. The van der Waals surface area contributed by atoms with E-state index in [1.165, 1.54) is 12.1 Å². The predicted octanol–water partition coefficient (Wildman–Crippen LogP) is 2.05. The molecule has 1 fully saturated rings. The van der Waals surface area contributed by atoms with E-state index < -0.39 is 11.6 Å². The largest absolute Gasteiger partial charge is 0.463 e. The van der Waals surface area contributed by atoms with Crippen molar-refractivity contribution in [3.8, 4) is 0 Å². The number of hydrogen-bond acceptors (Lipinski definition) is 4. The molecule has 1 aliphatic heterocycles. The van der Waals surface area contributed by atoms with Crippen LogP contribution >= 0.6 is 0 Å². The van der Waals surface area contributed by atoms with Crippen LogP contribution in [0.3, 0.4) is 0 Å². The van der Waals surface area contributed by atoms with Gasteiger partial charge in [-0.15, -0.1) is 0 Å². The van der Waals surface area contributed by atoms with Crippen LogP contribution in [0.15, 0.2) is 23.2 Å². The molecule has 2 N–H and O–H groups in total. The number of hydrogen-bond donors (Lipinski definition) is 2. The Kier molecular flexibility index (Phi) is 7.17. The molecule has 0 amide bonds. The Hall–Kier alpha value is -2.38. The summed E-state index contributed by atoms with van der Waals surface area (Å²) in [6.45, 7) is 5.27. The number of nitrogens with zero attached hydrogens (tertiary/aromatic N) is 2. The maximum absolute atomic E-state index is 13.9. The number of esters is 1. The minimum atomic E-state index is -0.583. The summed E-state index contributed by atoms with van der Waals surface area (Å²) < 4.78 is 32.0. The number of rotatable bonds is 6. The first-order valence-corrected chi connectivity index (χ1v) is 8.75. The molecular weight excluding hydrogens is 342 g/mol. The minimum Gasteiger partial charge on any atom is -0.463 e. The van der Waals surface area contributed by atoms with Gasteiger partial charge in [-0.05, 0) is 32.4 Å². The van der Waals surface area contributed by atoms with E-state index in [2.05, 4.69) is 15.6 Å². The third-order valence-electron chi connectivity index (χ3n) is 3.99. The van der Waals surface area contributed by atoms with Crippen molar-refractivity contribution in [2.45, 2.75) is 38.8 Å². The number of benzene rings is 1. The van der Waals surface area contributed by atoms with Gasteiger partial charge in [0.25, 0.3) is 0 Å². The van der Waals surface area contributed by atoms with Gasteiger partial charge in [-0.2, -0.15) is 0 Å². The highest BCUT2D eigenvalue weighted by molar-refractivity contribution is 5.80. The number of nitrogens with one attached hydrogen (secondary N) is 2. The van der Waals surface area contributed by atoms with Crippen LogP contribution in [0.25, 0.3) is 0 Å². The van der Waals surface area contributed by atoms with Gasteiger partial charge < -0.3 is 20.3 Å². The van der Waals surface area contributed by atoms with Crippen LogP contribution in [0.4, 0.5) is 14.5 Å². The second kappa shape index (κ2) is 9.35. The molecule has 0 bridgehead atoms. The SMILES string of the molecule is CN=C(NCCC(=O)OC(C)C)NC1CCN(c2ccc(F)cc2F)C1. The summed E-state index contributed by atoms with van der Waals surface area (Å²) in [5.41, 5.74) is 0.398. The fourth-order valence-corrected chi connectivity index (χ4v) is 2.83. The first kappa shape index (κ1) is 19.9. The molecule has 0 aliphatic carbocycles. The van der Waals surface area contributed by atoms with E-state index in [9.17, 15) is 13.6 Å². The van der Waals surface area contributed by atoms with Gasteiger partial charge in [-0.3, -0.25) is 9.79 Å². The summed E-state index contributed by atoms with van der Waals surface area (Å²) in [4.78, 5) is 17.5. The molecule has 1 saturated heterocycles. The standard InChI is InChI=1S/C18H26F2N4O2/c1-12(2)26-17(25)6-8-22-18(21-3)23-14-7-9-24(11-14)16-5-4-13(19)10-15(16)20/h4-5,10,12,14H,6-9,11H2,1-3H3,(H2,21,22,23). The number of ether oxygens (including phenoxy) is 1. The van der Waals surface area contributed by atoms with Crippen molar-refractivity contribution >= 4 is 17.6 Å². The van der Waals surface area contributed by atoms with Gasteiger partial charge in [-0.1, -0.05) is 0 Å². The van der Waals surface area contributed by atoms with Crippen LogP contribution in [0, 0.1) is 11.6 Å². The van der Waals surface area contributed by atoms with E-state index in [0.717, 1.165) is 12.5 Å². The predicted molar refractivity (Wildman–Crippen MR) is 97.3 cm³/mol. The minimum absolute atomic E-state index is 0.0771. The lowest BCUT2D eigenvalue weighted by atomic mass is 10.2.